The molecule has 0 saturated heterocycles. The Kier molecular flexibility index (Phi) is 4.65. The lowest BCUT2D eigenvalue weighted by atomic mass is 10.0. The molecule has 1 heterocycles. The summed E-state index contributed by atoms with van der Waals surface area (Å²) in [7, 11) is 0. The minimum absolute atomic E-state index is 0.129. The van der Waals surface area contributed by atoms with Gasteiger partial charge in [0.1, 0.15) is 23.1 Å². The van der Waals surface area contributed by atoms with Crippen molar-refractivity contribution in [2.45, 2.75) is 19.6 Å². The molecule has 0 radical (unpaired) electrons. The largest absolute Gasteiger partial charge is 0.365 e. The molecule has 4 nitrogen and oxygen atoms in total. The van der Waals surface area contributed by atoms with Crippen molar-refractivity contribution in [2.75, 3.05) is 0 Å². The van der Waals surface area contributed by atoms with Gasteiger partial charge in [0, 0.05) is 11.6 Å². The number of benzene rings is 2. The van der Waals surface area contributed by atoms with Crippen LogP contribution in [-0.4, -0.2) is 20.1 Å². The lowest BCUT2D eigenvalue weighted by Crippen LogP contribution is -2.32. The van der Waals surface area contributed by atoms with Crippen LogP contribution in [0, 0.1) is 17.5 Å². The molecule has 2 aromatic carbocycles. The number of hydrogen-bond donors (Lipinski definition) is 1. The van der Waals surface area contributed by atoms with Gasteiger partial charge in [0.15, 0.2) is 5.72 Å². The van der Waals surface area contributed by atoms with E-state index in [-0.39, 0.29) is 11.4 Å². The molecular formula is C19H16F3N3O. The summed E-state index contributed by atoms with van der Waals surface area (Å²) in [6, 6.07) is 8.84. The summed E-state index contributed by atoms with van der Waals surface area (Å²) in [5.41, 5.74) is -0.0280. The number of aliphatic hydroxyl groups is 1. The van der Waals surface area contributed by atoms with Crippen molar-refractivity contribution < 1.29 is 18.3 Å². The van der Waals surface area contributed by atoms with Crippen molar-refractivity contribution in [2.24, 2.45) is 0 Å². The first-order valence-electron chi connectivity index (χ1n) is 7.82. The Labute approximate surface area is 148 Å². The lowest BCUT2D eigenvalue weighted by Gasteiger charge is -2.24. The van der Waals surface area contributed by atoms with Crippen LogP contribution in [-0.2, 0) is 5.72 Å². The molecule has 3 rings (SSSR count). The summed E-state index contributed by atoms with van der Waals surface area (Å²) >= 11 is 0. The van der Waals surface area contributed by atoms with Crippen LogP contribution in [0.2, 0.25) is 0 Å². The highest BCUT2D eigenvalue weighted by Crippen LogP contribution is 2.26. The van der Waals surface area contributed by atoms with Crippen LogP contribution in [0.5, 0.6) is 0 Å². The van der Waals surface area contributed by atoms with Gasteiger partial charge in [-0.2, -0.15) is 0 Å². The molecule has 26 heavy (non-hydrogen) atoms. The van der Waals surface area contributed by atoms with Gasteiger partial charge in [-0.3, -0.25) is 0 Å². The van der Waals surface area contributed by atoms with E-state index in [2.05, 4.69) is 10.3 Å². The molecule has 1 unspecified atom stereocenters. The van der Waals surface area contributed by atoms with E-state index in [0.717, 1.165) is 28.0 Å². The zero-order valence-electron chi connectivity index (χ0n) is 14.1. The minimum Gasteiger partial charge on any atom is -0.365 e. The molecule has 1 atom stereocenters. The second-order valence-electron chi connectivity index (χ2n) is 6.07. The molecule has 0 bridgehead atoms. The number of rotatable bonds is 4. The maximum absolute atomic E-state index is 14.0. The number of nitrogens with zero attached hydrogens (tertiary/aromatic N) is 3. The molecule has 0 aliphatic rings. The normalized spacial score (nSPS) is 14.3. The van der Waals surface area contributed by atoms with Gasteiger partial charge >= 0.3 is 0 Å². The van der Waals surface area contributed by atoms with Gasteiger partial charge in [0.25, 0.3) is 0 Å². The molecule has 0 amide bonds. The Morgan fingerprint density at radius 3 is 2.38 bits per heavy atom. The third-order valence-electron chi connectivity index (χ3n) is 4.04. The fourth-order valence-electron chi connectivity index (χ4n) is 2.54. The zero-order chi connectivity index (χ0) is 18.9. The highest BCUT2D eigenvalue weighted by atomic mass is 19.1. The molecule has 0 fully saturated rings. The first kappa shape index (κ1) is 17.9. The smallest absolute Gasteiger partial charge is 0.185 e. The summed E-state index contributed by atoms with van der Waals surface area (Å²) in [5.74, 6) is -1.95. The van der Waals surface area contributed by atoms with Crippen molar-refractivity contribution in [3.8, 4) is 0 Å². The maximum Gasteiger partial charge on any atom is 0.185 e. The maximum atomic E-state index is 14.0. The first-order chi connectivity index (χ1) is 12.3. The van der Waals surface area contributed by atoms with E-state index in [4.69, 9.17) is 0 Å². The highest BCUT2D eigenvalue weighted by molar-refractivity contribution is 5.78. The van der Waals surface area contributed by atoms with Gasteiger partial charge in [-0.25, -0.2) is 17.9 Å². The molecule has 7 heteroatoms. The molecule has 0 aliphatic heterocycles. The Balaban J connectivity index is 1.92. The fraction of sp³-hybridized carbons (Fsp3) is 0.158. The van der Waals surface area contributed by atoms with E-state index >= 15 is 0 Å². The van der Waals surface area contributed by atoms with E-state index in [1.165, 1.54) is 25.3 Å². The summed E-state index contributed by atoms with van der Waals surface area (Å²) < 4.78 is 41.2. The first-order valence-corrected chi connectivity index (χ1v) is 7.82. The topological polar surface area (TPSA) is 50.9 Å². The predicted molar refractivity (Wildman–Crippen MR) is 91.3 cm³/mol. The third-order valence-corrected chi connectivity index (χ3v) is 4.04. The lowest BCUT2D eigenvalue weighted by molar-refractivity contribution is 0.00768. The number of hydrogen-bond acceptors (Lipinski definition) is 3. The van der Waals surface area contributed by atoms with E-state index < -0.39 is 17.4 Å². The summed E-state index contributed by atoms with van der Waals surface area (Å²) in [5, 5.41) is 18.5. The van der Waals surface area contributed by atoms with E-state index in [0.29, 0.717) is 11.8 Å². The molecule has 0 spiro atoms. The van der Waals surface area contributed by atoms with E-state index in [1.54, 1.807) is 25.1 Å². The second kappa shape index (κ2) is 6.76. The average molecular weight is 359 g/mol. The van der Waals surface area contributed by atoms with Gasteiger partial charge < -0.3 is 5.11 Å². The van der Waals surface area contributed by atoms with Crippen LogP contribution in [0.15, 0.2) is 48.7 Å². The van der Waals surface area contributed by atoms with Crippen molar-refractivity contribution in [1.29, 1.82) is 0 Å². The molecular weight excluding hydrogens is 343 g/mol. The molecule has 0 saturated carbocycles. The van der Waals surface area contributed by atoms with Crippen LogP contribution < -0.4 is 0 Å². The van der Waals surface area contributed by atoms with E-state index in [9.17, 15) is 18.3 Å². The van der Waals surface area contributed by atoms with E-state index in [1.807, 2.05) is 0 Å². The monoisotopic (exact) mass is 359 g/mol. The molecule has 0 aliphatic carbocycles. The van der Waals surface area contributed by atoms with Crippen molar-refractivity contribution in [1.82, 2.24) is 15.0 Å². The number of aromatic nitrogens is 3. The zero-order valence-corrected chi connectivity index (χ0v) is 14.1. The molecule has 134 valence electrons. The van der Waals surface area contributed by atoms with Crippen LogP contribution in [0.4, 0.5) is 13.2 Å². The molecule has 1 aromatic heterocycles. The van der Waals surface area contributed by atoms with Gasteiger partial charge in [-0.05, 0) is 55.3 Å². The second-order valence-corrected chi connectivity index (χ2v) is 6.07. The summed E-state index contributed by atoms with van der Waals surface area (Å²) in [4.78, 5) is 0. The van der Waals surface area contributed by atoms with Crippen LogP contribution in [0.1, 0.15) is 30.7 Å². The Morgan fingerprint density at radius 2 is 1.73 bits per heavy atom. The van der Waals surface area contributed by atoms with Crippen LogP contribution >= 0.6 is 0 Å². The third kappa shape index (κ3) is 3.52. The minimum atomic E-state index is -1.85. The predicted octanol–water partition coefficient (Wildman–Crippen LogP) is 3.97. The standard InChI is InChI=1S/C19H16F3N3O/c1-12(9-13-3-5-14(20)6-4-13)18-11-25(24-23-18)19(2,26)16-8-7-15(21)10-17(16)22/h3-11,26H,1-2H3. The van der Waals surface area contributed by atoms with Crippen molar-refractivity contribution in [3.63, 3.8) is 0 Å². The SMILES string of the molecule is CC(=Cc1ccc(F)cc1)c1cn(C(C)(O)c2ccc(F)cc2F)nn1. The van der Waals surface area contributed by atoms with Crippen molar-refractivity contribution in [3.05, 3.63) is 82.9 Å². The van der Waals surface area contributed by atoms with Crippen LogP contribution in [0.3, 0.4) is 0 Å². The number of halogens is 3. The molecule has 3 aromatic rings. The van der Waals surface area contributed by atoms with Crippen LogP contribution in [0.25, 0.3) is 11.6 Å². The highest BCUT2D eigenvalue weighted by Gasteiger charge is 2.30. The van der Waals surface area contributed by atoms with Gasteiger partial charge in [-0.1, -0.05) is 17.3 Å². The van der Waals surface area contributed by atoms with Gasteiger partial charge in [0.05, 0.1) is 6.20 Å². The Hall–Kier alpha value is -2.93. The quantitative estimate of drug-likeness (QED) is 0.767. The average Bonchev–Trinajstić information content (AvgIpc) is 3.07. The Morgan fingerprint density at radius 1 is 1.08 bits per heavy atom. The molecule has 1 N–H and O–H groups in total. The van der Waals surface area contributed by atoms with Crippen molar-refractivity contribution >= 4 is 11.6 Å². The fourth-order valence-corrected chi connectivity index (χ4v) is 2.54. The number of allylic oxidation sites excluding steroid dienone is 1. The van der Waals surface area contributed by atoms with Gasteiger partial charge in [0.2, 0.25) is 0 Å². The van der Waals surface area contributed by atoms with Gasteiger partial charge in [-0.15, -0.1) is 5.10 Å². The Bertz CT molecular complexity index is 962. The summed E-state index contributed by atoms with van der Waals surface area (Å²) in [6.07, 6.45) is 3.24. The summed E-state index contributed by atoms with van der Waals surface area (Å²) in [6.45, 7) is 3.12.